The fourth-order valence-corrected chi connectivity index (χ4v) is 3.84. The van der Waals surface area contributed by atoms with Gasteiger partial charge in [0.2, 0.25) is 4.96 Å². The van der Waals surface area contributed by atoms with Gasteiger partial charge >= 0.3 is 0 Å². The number of rotatable bonds is 8. The molecule has 0 saturated carbocycles. The third-order valence-corrected chi connectivity index (χ3v) is 5.40. The Labute approximate surface area is 177 Å². The maximum absolute atomic E-state index is 12.8. The summed E-state index contributed by atoms with van der Waals surface area (Å²) in [4.78, 5) is 21.8. The third kappa shape index (κ3) is 4.18. The molecular weight excluding hydrogens is 400 g/mol. The van der Waals surface area contributed by atoms with Crippen LogP contribution in [0.25, 0.3) is 22.4 Å². The smallest absolute Gasteiger partial charge is 0.291 e. The van der Waals surface area contributed by atoms with Gasteiger partial charge in [-0.05, 0) is 49.2 Å². The lowest BCUT2D eigenvalue weighted by Crippen LogP contribution is -2.23. The number of aromatic nitrogens is 4. The van der Waals surface area contributed by atoms with Gasteiger partial charge in [-0.2, -0.15) is 9.50 Å². The van der Waals surface area contributed by atoms with Gasteiger partial charge in [-0.15, -0.1) is 5.10 Å². The number of benzene rings is 1. The maximum atomic E-state index is 12.8. The van der Waals surface area contributed by atoms with E-state index < -0.39 is 0 Å². The zero-order valence-corrected chi connectivity index (χ0v) is 17.7. The molecule has 3 heterocycles. The minimum Gasteiger partial charge on any atom is -0.490 e. The predicted octanol–water partition coefficient (Wildman–Crippen LogP) is 3.34. The lowest BCUT2D eigenvalue weighted by molar-refractivity contribution is 0.272. The van der Waals surface area contributed by atoms with Gasteiger partial charge < -0.3 is 9.47 Å². The quantitative estimate of drug-likeness (QED) is 0.405. The van der Waals surface area contributed by atoms with Crippen LogP contribution < -0.4 is 19.6 Å². The Morgan fingerprint density at radius 1 is 1.10 bits per heavy atom. The summed E-state index contributed by atoms with van der Waals surface area (Å²) in [5.41, 5.74) is 1.49. The average Bonchev–Trinajstić information content (AvgIpc) is 3.30. The molecule has 0 spiro atoms. The highest BCUT2D eigenvalue weighted by atomic mass is 32.1. The van der Waals surface area contributed by atoms with E-state index in [-0.39, 0.29) is 5.56 Å². The summed E-state index contributed by atoms with van der Waals surface area (Å²) in [7, 11) is 0. The van der Waals surface area contributed by atoms with Crippen molar-refractivity contribution in [3.63, 3.8) is 0 Å². The van der Waals surface area contributed by atoms with Crippen molar-refractivity contribution in [3.05, 3.63) is 63.2 Å². The number of unbranched alkanes of at least 4 members (excludes halogenated alkanes) is 1. The molecule has 0 aliphatic carbocycles. The number of thiazole rings is 1. The highest BCUT2D eigenvalue weighted by molar-refractivity contribution is 7.15. The van der Waals surface area contributed by atoms with E-state index in [9.17, 15) is 4.79 Å². The number of hydrogen-bond donors (Lipinski definition) is 0. The maximum Gasteiger partial charge on any atom is 0.291 e. The zero-order valence-electron chi connectivity index (χ0n) is 16.9. The number of pyridine rings is 1. The minimum absolute atomic E-state index is 0.191. The molecule has 0 radical (unpaired) electrons. The molecule has 30 heavy (non-hydrogen) atoms. The van der Waals surface area contributed by atoms with Crippen molar-refractivity contribution in [2.75, 3.05) is 13.2 Å². The number of ether oxygens (including phenoxy) is 2. The molecule has 154 valence electrons. The summed E-state index contributed by atoms with van der Waals surface area (Å²) in [6.07, 6.45) is 7.23. The van der Waals surface area contributed by atoms with Crippen LogP contribution in [0, 0.1) is 0 Å². The first-order valence-corrected chi connectivity index (χ1v) is 10.7. The van der Waals surface area contributed by atoms with Crippen LogP contribution in [0.1, 0.15) is 32.3 Å². The SMILES string of the molecule is CCCCOc1ccc(/C=c2/sc3nc(-c4ccncc4)nn3c2=O)cc1OCC. The van der Waals surface area contributed by atoms with Crippen LogP contribution in [-0.4, -0.2) is 32.8 Å². The summed E-state index contributed by atoms with van der Waals surface area (Å²) in [5, 5.41) is 4.36. The van der Waals surface area contributed by atoms with Crippen LogP contribution in [0.2, 0.25) is 0 Å². The van der Waals surface area contributed by atoms with E-state index in [0.29, 0.717) is 34.3 Å². The van der Waals surface area contributed by atoms with Crippen LogP contribution in [0.15, 0.2) is 47.5 Å². The summed E-state index contributed by atoms with van der Waals surface area (Å²) in [5.74, 6) is 1.91. The van der Waals surface area contributed by atoms with E-state index in [1.807, 2.05) is 43.3 Å². The molecule has 0 atom stereocenters. The molecule has 0 fully saturated rings. The van der Waals surface area contributed by atoms with E-state index >= 15 is 0 Å². The molecule has 0 amide bonds. The van der Waals surface area contributed by atoms with Gasteiger partial charge in [-0.25, -0.2) is 0 Å². The Hall–Kier alpha value is -3.26. The molecule has 1 aromatic carbocycles. The zero-order chi connectivity index (χ0) is 20.9. The number of nitrogens with zero attached hydrogens (tertiary/aromatic N) is 4. The van der Waals surface area contributed by atoms with Gasteiger partial charge in [0.25, 0.3) is 5.56 Å². The van der Waals surface area contributed by atoms with Crippen LogP contribution in [0.3, 0.4) is 0 Å². The van der Waals surface area contributed by atoms with Crippen molar-refractivity contribution in [1.29, 1.82) is 0 Å². The lowest BCUT2D eigenvalue weighted by atomic mass is 10.2. The van der Waals surface area contributed by atoms with Crippen molar-refractivity contribution >= 4 is 22.4 Å². The fraction of sp³-hybridized carbons (Fsp3) is 0.273. The highest BCUT2D eigenvalue weighted by Crippen LogP contribution is 2.29. The summed E-state index contributed by atoms with van der Waals surface area (Å²) < 4.78 is 13.5. The summed E-state index contributed by atoms with van der Waals surface area (Å²) >= 11 is 1.31. The standard InChI is InChI=1S/C22H22N4O3S/c1-3-5-12-29-17-7-6-15(13-18(17)28-4-2)14-19-21(27)26-22(30-19)24-20(25-26)16-8-10-23-11-9-16/h6-11,13-14H,3-5,12H2,1-2H3/b19-14+. The van der Waals surface area contributed by atoms with Crippen LogP contribution in [0.4, 0.5) is 0 Å². The van der Waals surface area contributed by atoms with Gasteiger partial charge in [0.15, 0.2) is 17.3 Å². The van der Waals surface area contributed by atoms with E-state index in [4.69, 9.17) is 9.47 Å². The number of hydrogen-bond acceptors (Lipinski definition) is 7. The third-order valence-electron chi connectivity index (χ3n) is 4.44. The van der Waals surface area contributed by atoms with Crippen LogP contribution >= 0.6 is 11.3 Å². The first-order valence-electron chi connectivity index (χ1n) is 9.91. The molecule has 0 saturated heterocycles. The number of fused-ring (bicyclic) bond motifs is 1. The van der Waals surface area contributed by atoms with E-state index in [2.05, 4.69) is 22.0 Å². The minimum atomic E-state index is -0.191. The van der Waals surface area contributed by atoms with Crippen LogP contribution in [-0.2, 0) is 0 Å². The molecule has 3 aromatic heterocycles. The Morgan fingerprint density at radius 3 is 2.67 bits per heavy atom. The molecular formula is C22H22N4O3S. The second-order valence-corrected chi connectivity index (χ2v) is 7.63. The van der Waals surface area contributed by atoms with Crippen molar-refractivity contribution < 1.29 is 9.47 Å². The van der Waals surface area contributed by atoms with Gasteiger partial charge in [-0.1, -0.05) is 30.7 Å². The normalized spacial score (nSPS) is 11.9. The fourth-order valence-electron chi connectivity index (χ4n) is 2.94. The van der Waals surface area contributed by atoms with Gasteiger partial charge in [-0.3, -0.25) is 9.78 Å². The molecule has 4 aromatic rings. The molecule has 0 aliphatic rings. The van der Waals surface area contributed by atoms with Crippen LogP contribution in [0.5, 0.6) is 11.5 Å². The van der Waals surface area contributed by atoms with E-state index in [1.165, 1.54) is 15.9 Å². The molecule has 0 N–H and O–H groups in total. The highest BCUT2D eigenvalue weighted by Gasteiger charge is 2.12. The molecule has 7 nitrogen and oxygen atoms in total. The Balaban J connectivity index is 1.67. The first kappa shape index (κ1) is 20.0. The van der Waals surface area contributed by atoms with Crippen molar-refractivity contribution in [3.8, 4) is 22.9 Å². The topological polar surface area (TPSA) is 78.6 Å². The van der Waals surface area contributed by atoms with E-state index in [0.717, 1.165) is 29.7 Å². The summed E-state index contributed by atoms with van der Waals surface area (Å²) in [6, 6.07) is 9.33. The van der Waals surface area contributed by atoms with Crippen molar-refractivity contribution in [1.82, 2.24) is 19.6 Å². The molecule has 0 aliphatic heterocycles. The monoisotopic (exact) mass is 422 g/mol. The Morgan fingerprint density at radius 2 is 1.93 bits per heavy atom. The predicted molar refractivity (Wildman–Crippen MR) is 117 cm³/mol. The summed E-state index contributed by atoms with van der Waals surface area (Å²) in [6.45, 7) is 5.24. The Bertz CT molecular complexity index is 1250. The van der Waals surface area contributed by atoms with Gasteiger partial charge in [0.05, 0.1) is 17.7 Å². The second-order valence-electron chi connectivity index (χ2n) is 6.62. The van der Waals surface area contributed by atoms with Crippen molar-refractivity contribution in [2.24, 2.45) is 0 Å². The first-order chi connectivity index (χ1) is 14.7. The molecule has 0 bridgehead atoms. The van der Waals surface area contributed by atoms with E-state index in [1.54, 1.807) is 12.4 Å². The average molecular weight is 423 g/mol. The van der Waals surface area contributed by atoms with Gasteiger partial charge in [0, 0.05) is 18.0 Å². The van der Waals surface area contributed by atoms with Gasteiger partial charge in [0.1, 0.15) is 0 Å². The molecule has 4 rings (SSSR count). The van der Waals surface area contributed by atoms with Crippen molar-refractivity contribution in [2.45, 2.75) is 26.7 Å². The lowest BCUT2D eigenvalue weighted by Gasteiger charge is -2.12. The Kier molecular flexibility index (Phi) is 6.04. The second kappa shape index (κ2) is 9.04. The largest absolute Gasteiger partial charge is 0.490 e. The molecule has 8 heteroatoms. The molecule has 0 unspecified atom stereocenters.